The average Bonchev–Trinajstić information content (AvgIpc) is 3.08. The molecule has 8 heteroatoms. The van der Waals surface area contributed by atoms with Gasteiger partial charge in [0.2, 0.25) is 5.88 Å². The maximum Gasteiger partial charge on any atom is 0.490 e. The summed E-state index contributed by atoms with van der Waals surface area (Å²) in [5, 5.41) is 23.5. The third-order valence-corrected chi connectivity index (χ3v) is 4.78. The van der Waals surface area contributed by atoms with E-state index >= 15 is 0 Å². The quantitative estimate of drug-likeness (QED) is 0.378. The van der Waals surface area contributed by atoms with Crippen molar-refractivity contribution in [1.82, 2.24) is 15.0 Å². The largest absolute Gasteiger partial charge is 0.490 e. The van der Waals surface area contributed by atoms with Crippen LogP contribution in [0.15, 0.2) is 54.6 Å². The zero-order chi connectivity index (χ0) is 20.4. The molecule has 0 bridgehead atoms. The fraction of sp³-hybridized carbons (Fsp3) is 0.143. The summed E-state index contributed by atoms with van der Waals surface area (Å²) in [5.41, 5.74) is 3.82. The zero-order valence-electron chi connectivity index (χ0n) is 16.2. The fourth-order valence-electron chi connectivity index (χ4n) is 3.39. The number of hydrogen-bond donors (Lipinski definition) is 4. The highest BCUT2D eigenvalue weighted by Gasteiger charge is 2.21. The minimum atomic E-state index is -1.57. The van der Waals surface area contributed by atoms with Crippen molar-refractivity contribution in [2.24, 2.45) is 0 Å². The van der Waals surface area contributed by atoms with Crippen LogP contribution in [0, 0.1) is 6.92 Å². The molecule has 4 aromatic rings. The average molecular weight is 388 g/mol. The molecule has 2 aromatic carbocycles. The number of methoxy groups -OCH3 is 1. The number of H-pyrrole nitrogens is 1. The molecule has 0 saturated carbocycles. The van der Waals surface area contributed by atoms with Crippen LogP contribution in [0.25, 0.3) is 22.3 Å². The van der Waals surface area contributed by atoms with E-state index in [1.807, 2.05) is 43.3 Å². The Hall–Kier alpha value is -3.36. The Morgan fingerprint density at radius 2 is 1.86 bits per heavy atom. The van der Waals surface area contributed by atoms with E-state index in [1.54, 1.807) is 25.3 Å². The Bertz CT molecular complexity index is 1150. The SMILES string of the molecule is COc1cc(NCc2ccccc2)nc(-c2c(C)[nH]c3c(B(O)O)cccc23)n1. The summed E-state index contributed by atoms with van der Waals surface area (Å²) in [4.78, 5) is 12.4. The van der Waals surface area contributed by atoms with E-state index < -0.39 is 7.12 Å². The van der Waals surface area contributed by atoms with Crippen LogP contribution in [0.1, 0.15) is 11.3 Å². The van der Waals surface area contributed by atoms with E-state index in [2.05, 4.69) is 20.3 Å². The van der Waals surface area contributed by atoms with Crippen LogP contribution in [0.5, 0.6) is 5.88 Å². The monoisotopic (exact) mass is 388 g/mol. The summed E-state index contributed by atoms with van der Waals surface area (Å²) in [6.07, 6.45) is 0. The molecule has 0 spiro atoms. The summed E-state index contributed by atoms with van der Waals surface area (Å²) in [6.45, 7) is 2.52. The van der Waals surface area contributed by atoms with E-state index in [1.165, 1.54) is 0 Å². The molecule has 0 amide bonds. The van der Waals surface area contributed by atoms with E-state index in [0.29, 0.717) is 35.0 Å². The van der Waals surface area contributed by atoms with E-state index in [0.717, 1.165) is 22.2 Å². The molecule has 0 aliphatic rings. The van der Waals surface area contributed by atoms with Gasteiger partial charge in [-0.25, -0.2) is 4.98 Å². The molecular weight excluding hydrogens is 367 g/mol. The van der Waals surface area contributed by atoms with Gasteiger partial charge in [0.05, 0.1) is 7.11 Å². The summed E-state index contributed by atoms with van der Waals surface area (Å²) in [5.74, 6) is 1.58. The number of para-hydroxylation sites is 1. The van der Waals surface area contributed by atoms with Gasteiger partial charge in [-0.2, -0.15) is 4.98 Å². The molecule has 4 rings (SSSR count). The Morgan fingerprint density at radius 3 is 2.59 bits per heavy atom. The lowest BCUT2D eigenvalue weighted by molar-refractivity contribution is 0.398. The smallest absolute Gasteiger partial charge is 0.481 e. The molecule has 2 aromatic heterocycles. The number of benzene rings is 2. The maximum atomic E-state index is 9.67. The molecule has 0 atom stereocenters. The Morgan fingerprint density at radius 1 is 1.07 bits per heavy atom. The van der Waals surface area contributed by atoms with Crippen molar-refractivity contribution in [3.63, 3.8) is 0 Å². The Balaban J connectivity index is 1.77. The molecule has 0 aliphatic carbocycles. The highest BCUT2D eigenvalue weighted by atomic mass is 16.5. The highest BCUT2D eigenvalue weighted by molar-refractivity contribution is 6.61. The molecule has 0 fully saturated rings. The van der Waals surface area contributed by atoms with Gasteiger partial charge in [0.1, 0.15) is 5.82 Å². The van der Waals surface area contributed by atoms with Gasteiger partial charge < -0.3 is 25.1 Å². The number of aryl methyl sites for hydroxylation is 1. The normalized spacial score (nSPS) is 10.9. The molecule has 0 saturated heterocycles. The minimum absolute atomic E-state index is 0.405. The van der Waals surface area contributed by atoms with Crippen LogP contribution in [-0.4, -0.2) is 39.2 Å². The van der Waals surface area contributed by atoms with Crippen molar-refractivity contribution in [2.45, 2.75) is 13.5 Å². The first-order chi connectivity index (χ1) is 14.1. The van der Waals surface area contributed by atoms with Crippen molar-refractivity contribution in [3.8, 4) is 17.3 Å². The molecule has 4 N–H and O–H groups in total. The van der Waals surface area contributed by atoms with Crippen molar-refractivity contribution in [1.29, 1.82) is 0 Å². The second-order valence-electron chi connectivity index (χ2n) is 6.73. The van der Waals surface area contributed by atoms with Gasteiger partial charge in [-0.3, -0.25) is 0 Å². The number of aromatic nitrogens is 3. The van der Waals surface area contributed by atoms with Crippen molar-refractivity contribution in [3.05, 3.63) is 65.9 Å². The number of nitrogens with zero attached hydrogens (tertiary/aromatic N) is 2. The standard InChI is InChI=1S/C21H21BN4O3/c1-13-19(15-9-6-10-16(22(27)28)20(15)24-13)21-25-17(11-18(26-21)29-2)23-12-14-7-4-3-5-8-14/h3-11,24,27-28H,12H2,1-2H3,(H,23,25,26). The first-order valence-electron chi connectivity index (χ1n) is 9.25. The number of ether oxygens (including phenoxy) is 1. The molecule has 7 nitrogen and oxygen atoms in total. The Labute approximate surface area is 168 Å². The van der Waals surface area contributed by atoms with Crippen LogP contribution in [0.3, 0.4) is 0 Å². The number of aromatic amines is 1. The lowest BCUT2D eigenvalue weighted by atomic mass is 9.79. The lowest BCUT2D eigenvalue weighted by Gasteiger charge is -2.10. The van der Waals surface area contributed by atoms with Gasteiger partial charge in [-0.05, 0) is 12.5 Å². The fourth-order valence-corrected chi connectivity index (χ4v) is 3.39. The summed E-state index contributed by atoms with van der Waals surface area (Å²) in [6, 6.07) is 17.1. The van der Waals surface area contributed by atoms with Crippen molar-refractivity contribution < 1.29 is 14.8 Å². The lowest BCUT2D eigenvalue weighted by Crippen LogP contribution is -2.30. The molecule has 29 heavy (non-hydrogen) atoms. The molecule has 146 valence electrons. The summed E-state index contributed by atoms with van der Waals surface area (Å²) >= 11 is 0. The first-order valence-corrected chi connectivity index (χ1v) is 9.25. The molecule has 0 radical (unpaired) electrons. The van der Waals surface area contributed by atoms with E-state index in [9.17, 15) is 10.0 Å². The predicted octanol–water partition coefficient (Wildman–Crippen LogP) is 2.23. The van der Waals surface area contributed by atoms with Gasteiger partial charge in [-0.1, -0.05) is 48.5 Å². The second kappa shape index (κ2) is 7.94. The topological polar surface area (TPSA) is 103 Å². The third kappa shape index (κ3) is 3.80. The number of rotatable bonds is 6. The number of nitrogens with one attached hydrogen (secondary N) is 2. The first kappa shape index (κ1) is 19.0. The van der Waals surface area contributed by atoms with Gasteiger partial charge in [0, 0.05) is 40.2 Å². The van der Waals surface area contributed by atoms with Crippen LogP contribution in [0.4, 0.5) is 5.82 Å². The molecular formula is C21H21BN4O3. The van der Waals surface area contributed by atoms with Gasteiger partial charge >= 0.3 is 7.12 Å². The number of hydrogen-bond acceptors (Lipinski definition) is 6. The summed E-state index contributed by atoms with van der Waals surface area (Å²) < 4.78 is 5.38. The zero-order valence-corrected chi connectivity index (χ0v) is 16.2. The third-order valence-electron chi connectivity index (χ3n) is 4.78. The maximum absolute atomic E-state index is 9.67. The van der Waals surface area contributed by atoms with Crippen molar-refractivity contribution in [2.75, 3.05) is 12.4 Å². The van der Waals surface area contributed by atoms with Crippen LogP contribution in [-0.2, 0) is 6.54 Å². The van der Waals surface area contributed by atoms with E-state index in [4.69, 9.17) is 4.74 Å². The second-order valence-corrected chi connectivity index (χ2v) is 6.73. The highest BCUT2D eigenvalue weighted by Crippen LogP contribution is 2.31. The van der Waals surface area contributed by atoms with Crippen LogP contribution < -0.4 is 15.5 Å². The molecule has 2 heterocycles. The molecule has 0 aliphatic heterocycles. The summed E-state index contributed by atoms with van der Waals surface area (Å²) in [7, 11) is -0.00556. The number of anilines is 1. The van der Waals surface area contributed by atoms with Gasteiger partial charge in [-0.15, -0.1) is 0 Å². The van der Waals surface area contributed by atoms with E-state index in [-0.39, 0.29) is 0 Å². The van der Waals surface area contributed by atoms with Crippen LogP contribution in [0.2, 0.25) is 0 Å². The Kier molecular flexibility index (Phi) is 5.20. The molecule has 0 unspecified atom stereocenters. The number of fused-ring (bicyclic) bond motifs is 1. The van der Waals surface area contributed by atoms with Gasteiger partial charge in [0.25, 0.3) is 0 Å². The van der Waals surface area contributed by atoms with Crippen LogP contribution >= 0.6 is 0 Å². The van der Waals surface area contributed by atoms with Gasteiger partial charge in [0.15, 0.2) is 5.82 Å². The minimum Gasteiger partial charge on any atom is -0.481 e. The van der Waals surface area contributed by atoms with Crippen molar-refractivity contribution >= 4 is 29.3 Å². The predicted molar refractivity (Wildman–Crippen MR) is 114 cm³/mol.